The quantitative estimate of drug-likeness (QED) is 0.579. The number of allylic oxidation sites excluding steroid dienone is 2. The van der Waals surface area contributed by atoms with Gasteiger partial charge in [0.1, 0.15) is 0 Å². The predicted octanol–water partition coefficient (Wildman–Crippen LogP) is 5.07. The Balaban J connectivity index is 1.61. The fourth-order valence-corrected chi connectivity index (χ4v) is 6.18. The van der Waals surface area contributed by atoms with Crippen LogP contribution in [0.2, 0.25) is 0 Å². The normalized spacial score (nSPS) is 16.5. The largest absolute Gasteiger partial charge is 0.349 e. The molecule has 1 aliphatic rings. The first-order valence-corrected chi connectivity index (χ1v) is 11.2. The Morgan fingerprint density at radius 1 is 0.828 bits per heavy atom. The Morgan fingerprint density at radius 2 is 1.34 bits per heavy atom. The van der Waals surface area contributed by atoms with Gasteiger partial charge in [-0.05, 0) is 36.3 Å². The second-order valence-corrected chi connectivity index (χ2v) is 9.32. The van der Waals surface area contributed by atoms with Crippen molar-refractivity contribution in [3.8, 4) is 0 Å². The molecular weight excluding hydrogens is 373 g/mol. The number of nitrogens with one attached hydrogen (secondary N) is 1. The molecule has 0 aliphatic heterocycles. The molecule has 0 heterocycles. The number of rotatable bonds is 6. The molecule has 0 bridgehead atoms. The highest BCUT2D eigenvalue weighted by molar-refractivity contribution is 7.76. The fraction of sp³-hybridized carbons (Fsp3) is 0.115. The van der Waals surface area contributed by atoms with Crippen molar-refractivity contribution < 1.29 is 4.79 Å². The van der Waals surface area contributed by atoms with Crippen LogP contribution in [0.25, 0.3) is 0 Å². The van der Waals surface area contributed by atoms with Crippen molar-refractivity contribution in [3.63, 3.8) is 0 Å². The first kappa shape index (κ1) is 19.4. The van der Waals surface area contributed by atoms with Crippen molar-refractivity contribution in [2.24, 2.45) is 5.92 Å². The highest BCUT2D eigenvalue weighted by Gasteiger charge is 2.31. The third-order valence-electron chi connectivity index (χ3n) is 5.12. The van der Waals surface area contributed by atoms with E-state index in [1.54, 1.807) is 0 Å². The van der Waals surface area contributed by atoms with Crippen LogP contribution in [0.15, 0.2) is 115 Å². The van der Waals surface area contributed by atoms with Crippen molar-refractivity contribution in [1.82, 2.24) is 5.32 Å². The molecule has 4 rings (SSSR count). The van der Waals surface area contributed by atoms with E-state index < -0.39 is 7.92 Å². The van der Waals surface area contributed by atoms with Crippen LogP contribution in [0.5, 0.6) is 0 Å². The lowest BCUT2D eigenvalue weighted by Crippen LogP contribution is -2.33. The van der Waals surface area contributed by atoms with Crippen molar-refractivity contribution in [1.29, 1.82) is 0 Å². The average molecular weight is 397 g/mol. The molecule has 0 spiro atoms. The highest BCUT2D eigenvalue weighted by Crippen LogP contribution is 2.49. The second kappa shape index (κ2) is 9.03. The summed E-state index contributed by atoms with van der Waals surface area (Å²) >= 11 is 0. The van der Waals surface area contributed by atoms with Crippen LogP contribution >= 0.6 is 7.92 Å². The third kappa shape index (κ3) is 4.39. The molecule has 0 saturated heterocycles. The molecule has 3 heteroatoms. The lowest BCUT2D eigenvalue weighted by Gasteiger charge is -2.26. The summed E-state index contributed by atoms with van der Waals surface area (Å²) < 4.78 is 0. The first-order valence-electron chi connectivity index (χ1n) is 9.88. The van der Waals surface area contributed by atoms with Gasteiger partial charge in [-0.2, -0.15) is 0 Å². The minimum Gasteiger partial charge on any atom is -0.349 e. The Hall–Kier alpha value is -2.96. The number of amides is 1. The fourth-order valence-electron chi connectivity index (χ4n) is 3.63. The molecular formula is C26H24NOP. The van der Waals surface area contributed by atoms with E-state index in [2.05, 4.69) is 59.9 Å². The maximum Gasteiger partial charge on any atom is 0.231 e. The maximum absolute atomic E-state index is 13.2. The van der Waals surface area contributed by atoms with Gasteiger partial charge in [-0.1, -0.05) is 109 Å². The summed E-state index contributed by atoms with van der Waals surface area (Å²) in [6, 6.07) is 31.1. The van der Waals surface area contributed by atoms with E-state index in [0.29, 0.717) is 0 Å². The van der Waals surface area contributed by atoms with E-state index in [-0.39, 0.29) is 17.9 Å². The molecule has 3 aromatic rings. The van der Waals surface area contributed by atoms with Crippen LogP contribution in [-0.4, -0.2) is 5.91 Å². The van der Waals surface area contributed by atoms with Crippen LogP contribution in [-0.2, 0) is 4.79 Å². The van der Waals surface area contributed by atoms with Gasteiger partial charge in [0.05, 0.1) is 12.0 Å². The molecule has 0 radical (unpaired) electrons. The highest BCUT2D eigenvalue weighted by atomic mass is 31.1. The smallest absolute Gasteiger partial charge is 0.231 e. The molecule has 0 fully saturated rings. The molecule has 1 aliphatic carbocycles. The van der Waals surface area contributed by atoms with Crippen LogP contribution in [0.1, 0.15) is 18.5 Å². The summed E-state index contributed by atoms with van der Waals surface area (Å²) in [6.07, 6.45) is 6.17. The topological polar surface area (TPSA) is 29.1 Å². The van der Waals surface area contributed by atoms with Gasteiger partial charge in [0.25, 0.3) is 0 Å². The van der Waals surface area contributed by atoms with Gasteiger partial charge in [-0.25, -0.2) is 0 Å². The van der Waals surface area contributed by atoms with Gasteiger partial charge in [-0.15, -0.1) is 0 Å². The van der Waals surface area contributed by atoms with E-state index in [1.165, 1.54) is 15.9 Å². The lowest BCUT2D eigenvalue weighted by molar-refractivity contribution is -0.123. The van der Waals surface area contributed by atoms with Crippen molar-refractivity contribution in [2.75, 3.05) is 0 Å². The van der Waals surface area contributed by atoms with E-state index in [0.717, 1.165) is 5.56 Å². The van der Waals surface area contributed by atoms with E-state index in [9.17, 15) is 4.79 Å². The molecule has 0 aromatic heterocycles. The van der Waals surface area contributed by atoms with Gasteiger partial charge in [0.15, 0.2) is 0 Å². The van der Waals surface area contributed by atoms with E-state index in [1.807, 2.05) is 61.5 Å². The van der Waals surface area contributed by atoms with Crippen LogP contribution < -0.4 is 15.9 Å². The van der Waals surface area contributed by atoms with Gasteiger partial charge in [-0.3, -0.25) is 4.79 Å². The average Bonchev–Trinajstić information content (AvgIpc) is 3.25. The molecule has 3 aromatic carbocycles. The number of carbonyl (C=O) groups excluding carboxylic acids is 1. The Bertz CT molecular complexity index is 973. The van der Waals surface area contributed by atoms with E-state index in [4.69, 9.17) is 0 Å². The number of carbonyl (C=O) groups is 1. The zero-order valence-electron chi connectivity index (χ0n) is 16.4. The summed E-state index contributed by atoms with van der Waals surface area (Å²) in [4.78, 5) is 13.2. The Kier molecular flexibility index (Phi) is 6.03. The SMILES string of the molecule is C[C@@H](NC(=O)C1C=CC=C1P(c1ccccc1)c1ccccc1)c1ccccc1. The van der Waals surface area contributed by atoms with Crippen LogP contribution in [0.4, 0.5) is 0 Å². The molecule has 144 valence electrons. The first-order chi connectivity index (χ1) is 14.2. The van der Waals surface area contributed by atoms with E-state index >= 15 is 0 Å². The number of benzene rings is 3. The number of hydrogen-bond donors (Lipinski definition) is 1. The third-order valence-corrected chi connectivity index (χ3v) is 7.69. The van der Waals surface area contributed by atoms with Crippen molar-refractivity contribution in [3.05, 3.63) is 120 Å². The second-order valence-electron chi connectivity index (χ2n) is 7.10. The summed E-state index contributed by atoms with van der Waals surface area (Å²) in [6.45, 7) is 2.03. The van der Waals surface area contributed by atoms with Gasteiger partial charge in [0.2, 0.25) is 5.91 Å². The summed E-state index contributed by atoms with van der Waals surface area (Å²) in [5.74, 6) is -0.187. The lowest BCUT2D eigenvalue weighted by atomic mass is 10.1. The zero-order chi connectivity index (χ0) is 20.1. The molecule has 29 heavy (non-hydrogen) atoms. The minimum atomic E-state index is -0.765. The molecule has 1 amide bonds. The molecule has 1 N–H and O–H groups in total. The molecule has 2 atom stereocenters. The Labute approximate surface area is 173 Å². The van der Waals surface area contributed by atoms with Gasteiger partial charge < -0.3 is 5.32 Å². The Morgan fingerprint density at radius 3 is 1.90 bits per heavy atom. The monoisotopic (exact) mass is 397 g/mol. The predicted molar refractivity (Wildman–Crippen MR) is 123 cm³/mol. The summed E-state index contributed by atoms with van der Waals surface area (Å²) in [5, 5.41) is 6.90. The summed E-state index contributed by atoms with van der Waals surface area (Å²) in [5.41, 5.74) is 1.11. The molecule has 2 nitrogen and oxygen atoms in total. The molecule has 1 unspecified atom stereocenters. The van der Waals surface area contributed by atoms with Crippen LogP contribution in [0.3, 0.4) is 0 Å². The zero-order valence-corrected chi connectivity index (χ0v) is 17.3. The van der Waals surface area contributed by atoms with Crippen molar-refractivity contribution >= 4 is 24.4 Å². The number of hydrogen-bond acceptors (Lipinski definition) is 1. The van der Waals surface area contributed by atoms with Crippen molar-refractivity contribution in [2.45, 2.75) is 13.0 Å². The molecule has 0 saturated carbocycles. The van der Waals surface area contributed by atoms with Gasteiger partial charge >= 0.3 is 0 Å². The minimum absolute atomic E-state index is 0.0290. The standard InChI is InChI=1S/C26H24NOP/c1-20(21-12-5-2-6-13-21)27-26(28)24-18-11-19-25(24)29(22-14-7-3-8-15-22)23-16-9-4-10-17-23/h2-20,24H,1H3,(H,27,28)/t20-,24?/m1/s1. The van der Waals surface area contributed by atoms with Crippen LogP contribution in [0, 0.1) is 5.92 Å². The van der Waals surface area contributed by atoms with Gasteiger partial charge in [0, 0.05) is 0 Å². The maximum atomic E-state index is 13.2. The summed E-state index contributed by atoms with van der Waals surface area (Å²) in [7, 11) is -0.765.